The molecule has 0 fully saturated rings. The van der Waals surface area contributed by atoms with Gasteiger partial charge in [-0.1, -0.05) is 31.9 Å². The fraction of sp³-hybridized carbons (Fsp3) is 0.500. The zero-order valence-electron chi connectivity index (χ0n) is 8.69. The van der Waals surface area contributed by atoms with Gasteiger partial charge < -0.3 is 0 Å². The van der Waals surface area contributed by atoms with Crippen LogP contribution in [0.15, 0.2) is 18.2 Å². The van der Waals surface area contributed by atoms with E-state index in [1.807, 2.05) is 6.07 Å². The van der Waals surface area contributed by atoms with Crippen molar-refractivity contribution in [2.24, 2.45) is 0 Å². The van der Waals surface area contributed by atoms with E-state index in [0.717, 1.165) is 24.8 Å². The largest absolute Gasteiger partial charge is 0.207 e. The summed E-state index contributed by atoms with van der Waals surface area (Å²) in [6.07, 6.45) is 3.25. The summed E-state index contributed by atoms with van der Waals surface area (Å²) in [5.74, 6) is 0.204. The van der Waals surface area contributed by atoms with Crippen molar-refractivity contribution in [1.82, 2.24) is 0 Å². The maximum atomic E-state index is 13.1. The molecule has 1 unspecified atom stereocenters. The van der Waals surface area contributed by atoms with Crippen molar-refractivity contribution in [2.75, 3.05) is 0 Å². The first kappa shape index (κ1) is 11.5. The average Bonchev–Trinajstić information content (AvgIpc) is 2.12. The van der Waals surface area contributed by atoms with Crippen LogP contribution in [0.5, 0.6) is 0 Å². The number of rotatable bonds is 4. The molecular weight excluding hydrogens is 199 g/mol. The molecule has 0 spiro atoms. The van der Waals surface area contributed by atoms with Gasteiger partial charge in [0.1, 0.15) is 5.82 Å². The van der Waals surface area contributed by atoms with E-state index in [1.54, 1.807) is 6.07 Å². The third-order valence-corrected chi connectivity index (χ3v) is 2.70. The van der Waals surface area contributed by atoms with Crippen LogP contribution >= 0.6 is 11.6 Å². The van der Waals surface area contributed by atoms with Crippen molar-refractivity contribution >= 4 is 11.6 Å². The molecule has 0 nitrogen and oxygen atoms in total. The van der Waals surface area contributed by atoms with Gasteiger partial charge in [0.05, 0.1) is 0 Å². The second-order valence-electron chi connectivity index (χ2n) is 3.60. The lowest BCUT2D eigenvalue weighted by Crippen LogP contribution is -1.97. The molecule has 0 saturated carbocycles. The number of hydrogen-bond donors (Lipinski definition) is 0. The molecule has 0 bridgehead atoms. The highest BCUT2D eigenvalue weighted by Crippen LogP contribution is 2.27. The Balaban J connectivity index is 2.91. The van der Waals surface area contributed by atoms with Crippen LogP contribution in [-0.4, -0.2) is 0 Å². The predicted molar refractivity (Wildman–Crippen MR) is 59.4 cm³/mol. The van der Waals surface area contributed by atoms with Crippen LogP contribution in [0.4, 0.5) is 4.39 Å². The van der Waals surface area contributed by atoms with Crippen LogP contribution in [0, 0.1) is 5.82 Å². The minimum absolute atomic E-state index is 0.234. The van der Waals surface area contributed by atoms with Gasteiger partial charge in [-0.05, 0) is 42.5 Å². The van der Waals surface area contributed by atoms with Crippen molar-refractivity contribution in [1.29, 1.82) is 0 Å². The summed E-state index contributed by atoms with van der Waals surface area (Å²) in [4.78, 5) is 0. The molecule has 1 atom stereocenters. The van der Waals surface area contributed by atoms with Crippen LogP contribution in [0.2, 0.25) is 5.02 Å². The van der Waals surface area contributed by atoms with Crippen LogP contribution in [0.1, 0.15) is 44.6 Å². The zero-order chi connectivity index (χ0) is 10.6. The molecule has 14 heavy (non-hydrogen) atoms. The Labute approximate surface area is 90.1 Å². The maximum absolute atomic E-state index is 13.1. The van der Waals surface area contributed by atoms with E-state index in [4.69, 9.17) is 11.6 Å². The summed E-state index contributed by atoms with van der Waals surface area (Å²) in [6.45, 7) is 4.27. The molecule has 1 aromatic rings. The highest BCUT2D eigenvalue weighted by atomic mass is 35.5. The second kappa shape index (κ2) is 5.35. The van der Waals surface area contributed by atoms with Crippen molar-refractivity contribution in [2.45, 2.75) is 39.0 Å². The Bertz CT molecular complexity index is 276. The van der Waals surface area contributed by atoms with Crippen LogP contribution in [0.3, 0.4) is 0 Å². The molecule has 0 heterocycles. The quantitative estimate of drug-likeness (QED) is 0.677. The molecule has 0 aliphatic carbocycles. The van der Waals surface area contributed by atoms with E-state index >= 15 is 0 Å². The lowest BCUT2D eigenvalue weighted by Gasteiger charge is -2.14. The molecular formula is C12H16ClF. The van der Waals surface area contributed by atoms with E-state index in [-0.39, 0.29) is 5.82 Å². The molecule has 0 amide bonds. The van der Waals surface area contributed by atoms with Crippen molar-refractivity contribution in [3.8, 4) is 0 Å². The van der Waals surface area contributed by atoms with Crippen LogP contribution < -0.4 is 0 Å². The van der Waals surface area contributed by atoms with E-state index in [2.05, 4.69) is 13.8 Å². The zero-order valence-corrected chi connectivity index (χ0v) is 9.44. The Morgan fingerprint density at radius 3 is 2.50 bits per heavy atom. The van der Waals surface area contributed by atoms with Gasteiger partial charge in [0, 0.05) is 5.02 Å². The van der Waals surface area contributed by atoms with Gasteiger partial charge in [-0.25, -0.2) is 4.39 Å². The molecule has 2 heteroatoms. The molecule has 0 N–H and O–H groups in total. The standard InChI is InChI=1S/C12H16ClF/c1-3-5-9(4-2)10-6-11(13)8-12(14)7-10/h6-9H,3-5H2,1-2H3. The highest BCUT2D eigenvalue weighted by molar-refractivity contribution is 6.30. The first-order valence-electron chi connectivity index (χ1n) is 5.13. The van der Waals surface area contributed by atoms with Crippen LogP contribution in [0.25, 0.3) is 0 Å². The van der Waals surface area contributed by atoms with Crippen LogP contribution in [-0.2, 0) is 0 Å². The summed E-state index contributed by atoms with van der Waals surface area (Å²) in [7, 11) is 0. The van der Waals surface area contributed by atoms with Gasteiger partial charge in [-0.3, -0.25) is 0 Å². The molecule has 0 saturated heterocycles. The summed E-state index contributed by atoms with van der Waals surface area (Å²) in [5, 5.41) is 0.495. The summed E-state index contributed by atoms with van der Waals surface area (Å²) in [5.41, 5.74) is 1.03. The monoisotopic (exact) mass is 214 g/mol. The Morgan fingerprint density at radius 2 is 2.00 bits per heavy atom. The Hall–Kier alpha value is -0.560. The maximum Gasteiger partial charge on any atom is 0.124 e. The minimum atomic E-state index is -0.234. The fourth-order valence-electron chi connectivity index (χ4n) is 1.77. The van der Waals surface area contributed by atoms with E-state index in [1.165, 1.54) is 6.07 Å². The molecule has 1 aromatic carbocycles. The smallest absolute Gasteiger partial charge is 0.124 e. The van der Waals surface area contributed by atoms with Crippen molar-refractivity contribution in [3.63, 3.8) is 0 Å². The van der Waals surface area contributed by atoms with E-state index < -0.39 is 0 Å². The molecule has 0 radical (unpaired) electrons. The normalized spacial score (nSPS) is 12.9. The molecule has 0 aliphatic heterocycles. The first-order chi connectivity index (χ1) is 6.67. The highest BCUT2D eigenvalue weighted by Gasteiger charge is 2.10. The summed E-state index contributed by atoms with van der Waals surface area (Å²) in [6, 6.07) is 4.81. The third-order valence-electron chi connectivity index (χ3n) is 2.49. The Morgan fingerprint density at radius 1 is 1.29 bits per heavy atom. The van der Waals surface area contributed by atoms with Gasteiger partial charge >= 0.3 is 0 Å². The molecule has 0 aromatic heterocycles. The number of hydrogen-bond acceptors (Lipinski definition) is 0. The molecule has 1 rings (SSSR count). The fourth-order valence-corrected chi connectivity index (χ4v) is 2.00. The number of halogens is 2. The lowest BCUT2D eigenvalue weighted by molar-refractivity contribution is 0.581. The first-order valence-corrected chi connectivity index (χ1v) is 5.51. The van der Waals surface area contributed by atoms with Gasteiger partial charge in [0.15, 0.2) is 0 Å². The van der Waals surface area contributed by atoms with E-state index in [0.29, 0.717) is 10.9 Å². The lowest BCUT2D eigenvalue weighted by atomic mass is 9.92. The molecule has 78 valence electrons. The summed E-state index contributed by atoms with van der Waals surface area (Å²) >= 11 is 5.81. The van der Waals surface area contributed by atoms with Gasteiger partial charge in [0.2, 0.25) is 0 Å². The predicted octanol–water partition coefficient (Wildman–Crippen LogP) is 4.77. The Kier molecular flexibility index (Phi) is 4.40. The second-order valence-corrected chi connectivity index (χ2v) is 4.03. The van der Waals surface area contributed by atoms with E-state index in [9.17, 15) is 4.39 Å². The van der Waals surface area contributed by atoms with Gasteiger partial charge in [0.25, 0.3) is 0 Å². The average molecular weight is 215 g/mol. The SMILES string of the molecule is CCCC(CC)c1cc(F)cc(Cl)c1. The summed E-state index contributed by atoms with van der Waals surface area (Å²) < 4.78 is 13.1. The van der Waals surface area contributed by atoms with Crippen molar-refractivity contribution in [3.05, 3.63) is 34.6 Å². The third kappa shape index (κ3) is 2.98. The number of benzene rings is 1. The topological polar surface area (TPSA) is 0 Å². The minimum Gasteiger partial charge on any atom is -0.207 e. The molecule has 0 aliphatic rings. The van der Waals surface area contributed by atoms with Gasteiger partial charge in [-0.2, -0.15) is 0 Å². The van der Waals surface area contributed by atoms with Gasteiger partial charge in [-0.15, -0.1) is 0 Å². The van der Waals surface area contributed by atoms with Crippen molar-refractivity contribution < 1.29 is 4.39 Å².